The molecule has 1 aromatic rings. The summed E-state index contributed by atoms with van der Waals surface area (Å²) < 4.78 is 4.78. The molecule has 2 N–H and O–H groups in total. The number of quaternary nitrogens is 1. The molecule has 1 fully saturated rings. The lowest BCUT2D eigenvalue weighted by Crippen LogP contribution is -3.14. The zero-order chi connectivity index (χ0) is 16.1. The van der Waals surface area contributed by atoms with Gasteiger partial charge in [0.05, 0.1) is 26.1 Å². The van der Waals surface area contributed by atoms with Crippen LogP contribution in [0.3, 0.4) is 0 Å². The van der Waals surface area contributed by atoms with Crippen LogP contribution in [0.1, 0.15) is 24.0 Å². The molecule has 0 bridgehead atoms. The average molecular weight is 305 g/mol. The van der Waals surface area contributed by atoms with Crippen LogP contribution in [0, 0.1) is 19.8 Å². The largest absolute Gasteiger partial charge is 0.469 e. The SMILES string of the molecule is COC(=O)C1CC[NH+](CC(=O)Nc2cc(C)cc(C)c2)CC1. The van der Waals surface area contributed by atoms with Crippen LogP contribution >= 0.6 is 0 Å². The van der Waals surface area contributed by atoms with E-state index in [4.69, 9.17) is 4.74 Å². The van der Waals surface area contributed by atoms with Crippen molar-refractivity contribution in [2.75, 3.05) is 32.1 Å². The fourth-order valence-corrected chi connectivity index (χ4v) is 3.08. The normalized spacial score (nSPS) is 21.2. The highest BCUT2D eigenvalue weighted by atomic mass is 16.5. The maximum absolute atomic E-state index is 12.2. The number of amides is 1. The first-order chi connectivity index (χ1) is 10.5. The number of nitrogens with one attached hydrogen (secondary N) is 2. The maximum Gasteiger partial charge on any atom is 0.309 e. The quantitative estimate of drug-likeness (QED) is 0.806. The number of carbonyl (C=O) groups is 2. The van der Waals surface area contributed by atoms with Crippen molar-refractivity contribution < 1.29 is 19.2 Å². The Morgan fingerprint density at radius 1 is 1.18 bits per heavy atom. The molecule has 1 heterocycles. The fourth-order valence-electron chi connectivity index (χ4n) is 3.08. The van der Waals surface area contributed by atoms with E-state index < -0.39 is 0 Å². The van der Waals surface area contributed by atoms with E-state index in [0.717, 1.165) is 42.7 Å². The molecular weight excluding hydrogens is 280 g/mol. The van der Waals surface area contributed by atoms with Crippen molar-refractivity contribution in [3.05, 3.63) is 29.3 Å². The lowest BCUT2D eigenvalue weighted by atomic mass is 9.97. The zero-order valence-corrected chi connectivity index (χ0v) is 13.6. The molecule has 0 radical (unpaired) electrons. The van der Waals surface area contributed by atoms with Gasteiger partial charge < -0.3 is 15.0 Å². The summed E-state index contributed by atoms with van der Waals surface area (Å²) in [4.78, 5) is 24.9. The second-order valence-electron chi connectivity index (χ2n) is 6.15. The Bertz CT molecular complexity index is 529. The van der Waals surface area contributed by atoms with Gasteiger partial charge in [0.15, 0.2) is 6.54 Å². The molecule has 0 aliphatic carbocycles. The molecule has 2 rings (SSSR count). The van der Waals surface area contributed by atoms with Gasteiger partial charge in [-0.2, -0.15) is 0 Å². The van der Waals surface area contributed by atoms with E-state index in [1.54, 1.807) is 0 Å². The number of piperidine rings is 1. The minimum absolute atomic E-state index is 0.00349. The summed E-state index contributed by atoms with van der Waals surface area (Å²) in [6.45, 7) is 6.15. The van der Waals surface area contributed by atoms with Crippen molar-refractivity contribution in [2.24, 2.45) is 5.92 Å². The van der Waals surface area contributed by atoms with Gasteiger partial charge in [-0.05, 0) is 37.1 Å². The van der Waals surface area contributed by atoms with Crippen molar-refractivity contribution >= 4 is 17.6 Å². The molecule has 5 heteroatoms. The first-order valence-electron chi connectivity index (χ1n) is 7.77. The molecule has 0 atom stereocenters. The van der Waals surface area contributed by atoms with Crippen LogP contribution in [-0.2, 0) is 14.3 Å². The molecule has 0 spiro atoms. The number of methoxy groups -OCH3 is 1. The third-order valence-corrected chi connectivity index (χ3v) is 4.14. The molecule has 0 saturated carbocycles. The second-order valence-corrected chi connectivity index (χ2v) is 6.15. The Hall–Kier alpha value is -1.88. The van der Waals surface area contributed by atoms with Crippen LogP contribution in [0.4, 0.5) is 5.69 Å². The molecular formula is C17H25N2O3+. The van der Waals surface area contributed by atoms with E-state index in [1.165, 1.54) is 12.0 Å². The van der Waals surface area contributed by atoms with Crippen LogP contribution in [-0.4, -0.2) is 38.6 Å². The van der Waals surface area contributed by atoms with E-state index in [-0.39, 0.29) is 17.8 Å². The van der Waals surface area contributed by atoms with Crippen molar-refractivity contribution in [2.45, 2.75) is 26.7 Å². The molecule has 5 nitrogen and oxygen atoms in total. The monoisotopic (exact) mass is 305 g/mol. The Morgan fingerprint density at radius 2 is 1.77 bits per heavy atom. The van der Waals surface area contributed by atoms with Crippen LogP contribution in [0.5, 0.6) is 0 Å². The van der Waals surface area contributed by atoms with Crippen LogP contribution in [0.25, 0.3) is 0 Å². The highest BCUT2D eigenvalue weighted by Crippen LogP contribution is 2.13. The summed E-state index contributed by atoms with van der Waals surface area (Å²) in [6, 6.07) is 6.03. The summed E-state index contributed by atoms with van der Waals surface area (Å²) in [6.07, 6.45) is 1.58. The van der Waals surface area contributed by atoms with E-state index in [2.05, 4.69) is 11.4 Å². The van der Waals surface area contributed by atoms with Crippen LogP contribution in [0.15, 0.2) is 18.2 Å². The number of esters is 1. The van der Waals surface area contributed by atoms with Crippen molar-refractivity contribution in [3.63, 3.8) is 0 Å². The molecule has 1 aliphatic heterocycles. The number of carbonyl (C=O) groups excluding carboxylic acids is 2. The zero-order valence-electron chi connectivity index (χ0n) is 13.6. The van der Waals surface area contributed by atoms with Gasteiger partial charge in [0.2, 0.25) is 0 Å². The third-order valence-electron chi connectivity index (χ3n) is 4.14. The number of hydrogen-bond acceptors (Lipinski definition) is 3. The smallest absolute Gasteiger partial charge is 0.309 e. The van der Waals surface area contributed by atoms with Gasteiger partial charge in [-0.15, -0.1) is 0 Å². The highest BCUT2D eigenvalue weighted by molar-refractivity contribution is 5.91. The number of rotatable bonds is 4. The van der Waals surface area contributed by atoms with E-state index in [1.807, 2.05) is 26.0 Å². The molecule has 120 valence electrons. The maximum atomic E-state index is 12.2. The number of ether oxygens (including phenoxy) is 1. The van der Waals surface area contributed by atoms with E-state index in [9.17, 15) is 9.59 Å². The molecule has 1 aromatic carbocycles. The van der Waals surface area contributed by atoms with Gasteiger partial charge in [-0.3, -0.25) is 9.59 Å². The molecule has 1 saturated heterocycles. The Kier molecular flexibility index (Phi) is 5.55. The predicted molar refractivity (Wildman–Crippen MR) is 84.8 cm³/mol. The van der Waals surface area contributed by atoms with E-state index in [0.29, 0.717) is 6.54 Å². The van der Waals surface area contributed by atoms with Gasteiger partial charge in [-0.25, -0.2) is 0 Å². The van der Waals surface area contributed by atoms with Gasteiger partial charge in [-0.1, -0.05) is 6.07 Å². The second kappa shape index (κ2) is 7.40. The Labute approximate surface area is 131 Å². The molecule has 0 unspecified atom stereocenters. The van der Waals surface area contributed by atoms with Gasteiger partial charge in [0, 0.05) is 18.5 Å². The predicted octanol–water partition coefficient (Wildman–Crippen LogP) is 0.710. The Morgan fingerprint density at radius 3 is 2.32 bits per heavy atom. The fraction of sp³-hybridized carbons (Fsp3) is 0.529. The van der Waals surface area contributed by atoms with Crippen molar-refractivity contribution in [3.8, 4) is 0 Å². The minimum atomic E-state index is -0.126. The number of hydrogen-bond donors (Lipinski definition) is 2. The summed E-state index contributed by atoms with van der Waals surface area (Å²) >= 11 is 0. The van der Waals surface area contributed by atoms with Crippen molar-refractivity contribution in [1.82, 2.24) is 0 Å². The van der Waals surface area contributed by atoms with Gasteiger partial charge >= 0.3 is 5.97 Å². The lowest BCUT2D eigenvalue weighted by Gasteiger charge is -2.27. The van der Waals surface area contributed by atoms with E-state index >= 15 is 0 Å². The van der Waals surface area contributed by atoms with Gasteiger partial charge in [0.25, 0.3) is 5.91 Å². The topological polar surface area (TPSA) is 59.8 Å². The standard InChI is InChI=1S/C17H24N2O3/c1-12-8-13(2)10-15(9-12)18-16(20)11-19-6-4-14(5-7-19)17(21)22-3/h8-10,14H,4-7,11H2,1-3H3,(H,18,20)/p+1. The first-order valence-corrected chi connectivity index (χ1v) is 7.77. The average Bonchev–Trinajstić information content (AvgIpc) is 2.46. The molecule has 1 aliphatic rings. The third kappa shape index (κ3) is 4.56. The first kappa shape index (κ1) is 16.5. The summed E-state index contributed by atoms with van der Waals surface area (Å²) in [5.41, 5.74) is 3.13. The number of aryl methyl sites for hydroxylation is 2. The summed E-state index contributed by atoms with van der Waals surface area (Å²) in [5, 5.41) is 2.96. The van der Waals surface area contributed by atoms with Crippen molar-refractivity contribution in [1.29, 1.82) is 0 Å². The molecule has 0 aromatic heterocycles. The highest BCUT2D eigenvalue weighted by Gasteiger charge is 2.28. The van der Waals surface area contributed by atoms with Crippen LogP contribution < -0.4 is 10.2 Å². The van der Waals surface area contributed by atoms with Crippen LogP contribution in [0.2, 0.25) is 0 Å². The lowest BCUT2D eigenvalue weighted by molar-refractivity contribution is -0.897. The Balaban J connectivity index is 1.82. The molecule has 22 heavy (non-hydrogen) atoms. The number of anilines is 1. The number of benzene rings is 1. The van der Waals surface area contributed by atoms with Gasteiger partial charge in [0.1, 0.15) is 0 Å². The summed E-state index contributed by atoms with van der Waals surface area (Å²) in [7, 11) is 1.43. The summed E-state index contributed by atoms with van der Waals surface area (Å²) in [5.74, 6) is -0.105. The number of likely N-dealkylation sites (tertiary alicyclic amines) is 1. The molecule has 1 amide bonds. The minimum Gasteiger partial charge on any atom is -0.469 e.